The molecule has 1 heterocycles. The lowest BCUT2D eigenvalue weighted by atomic mass is 9.96. The number of rotatable bonds is 17. The van der Waals surface area contributed by atoms with Crippen LogP contribution in [-0.4, -0.2) is 69.8 Å². The topological polar surface area (TPSA) is 253 Å². The van der Waals surface area contributed by atoms with Crippen LogP contribution in [0.2, 0.25) is 0 Å². The normalized spacial score (nSPS) is 14.7. The summed E-state index contributed by atoms with van der Waals surface area (Å²) in [6.45, 7) is 3.50. The van der Waals surface area contributed by atoms with Gasteiger partial charge in [-0.25, -0.2) is 4.79 Å². The number of carboxylic acids is 1. The van der Waals surface area contributed by atoms with Crippen LogP contribution in [0.15, 0.2) is 30.5 Å². The average molecular weight is 574 g/mol. The Kier molecular flexibility index (Phi) is 12.3. The SMILES string of the molecule is CCC(C)C(NC(=O)C(N)CCC(N)=O)C(=O)NC(CCC(N)=O)C(=O)NC(Cc1c[nH]c2ccccc12)C(=O)O. The minimum absolute atomic E-state index is 0.0212. The van der Waals surface area contributed by atoms with Gasteiger partial charge in [-0.15, -0.1) is 0 Å². The predicted octanol–water partition coefficient (Wildman–Crippen LogP) is -0.846. The van der Waals surface area contributed by atoms with Crippen molar-refractivity contribution in [1.82, 2.24) is 20.9 Å². The highest BCUT2D eigenvalue weighted by Crippen LogP contribution is 2.19. The van der Waals surface area contributed by atoms with E-state index in [2.05, 4.69) is 20.9 Å². The second-order valence-electron chi connectivity index (χ2n) is 10.0. The molecule has 11 N–H and O–H groups in total. The molecule has 0 radical (unpaired) electrons. The number of benzene rings is 1. The first kappa shape index (κ1) is 32.8. The Hall–Kier alpha value is -4.46. The Morgan fingerprint density at radius 2 is 1.49 bits per heavy atom. The van der Waals surface area contributed by atoms with E-state index in [9.17, 15) is 33.9 Å². The van der Waals surface area contributed by atoms with E-state index in [-0.39, 0.29) is 32.1 Å². The maximum absolute atomic E-state index is 13.3. The van der Waals surface area contributed by atoms with Crippen LogP contribution >= 0.6 is 0 Å². The van der Waals surface area contributed by atoms with Gasteiger partial charge in [-0.1, -0.05) is 38.5 Å². The third-order valence-corrected chi connectivity index (χ3v) is 6.86. The molecule has 0 aliphatic rings. The summed E-state index contributed by atoms with van der Waals surface area (Å²) in [5.74, 6) is -5.29. The van der Waals surface area contributed by atoms with Crippen molar-refractivity contribution in [3.63, 3.8) is 0 Å². The van der Waals surface area contributed by atoms with Crippen LogP contribution in [0.3, 0.4) is 0 Å². The van der Waals surface area contributed by atoms with Gasteiger partial charge in [0.1, 0.15) is 18.1 Å². The minimum atomic E-state index is -1.34. The number of carbonyl (C=O) groups excluding carboxylic acids is 5. The van der Waals surface area contributed by atoms with Gasteiger partial charge >= 0.3 is 5.97 Å². The highest BCUT2D eigenvalue weighted by molar-refractivity contribution is 5.95. The van der Waals surface area contributed by atoms with Gasteiger partial charge in [-0.05, 0) is 30.4 Å². The molecule has 5 unspecified atom stereocenters. The smallest absolute Gasteiger partial charge is 0.326 e. The van der Waals surface area contributed by atoms with Crippen molar-refractivity contribution in [1.29, 1.82) is 0 Å². The van der Waals surface area contributed by atoms with Crippen LogP contribution in [0, 0.1) is 5.92 Å². The second kappa shape index (κ2) is 15.4. The summed E-state index contributed by atoms with van der Waals surface area (Å²) in [5.41, 5.74) is 17.7. The van der Waals surface area contributed by atoms with Crippen LogP contribution in [0.1, 0.15) is 51.5 Å². The zero-order valence-electron chi connectivity index (χ0n) is 23.1. The summed E-state index contributed by atoms with van der Waals surface area (Å²) >= 11 is 0. The predicted molar refractivity (Wildman–Crippen MR) is 150 cm³/mol. The quantitative estimate of drug-likeness (QED) is 0.118. The van der Waals surface area contributed by atoms with Crippen molar-refractivity contribution in [2.75, 3.05) is 0 Å². The molecule has 224 valence electrons. The minimum Gasteiger partial charge on any atom is -0.480 e. The Morgan fingerprint density at radius 3 is 2.10 bits per heavy atom. The third-order valence-electron chi connectivity index (χ3n) is 6.86. The summed E-state index contributed by atoms with van der Waals surface area (Å²) in [6.07, 6.45) is 1.48. The molecule has 2 rings (SSSR count). The van der Waals surface area contributed by atoms with E-state index in [1.54, 1.807) is 26.1 Å². The largest absolute Gasteiger partial charge is 0.480 e. The molecule has 0 fully saturated rings. The number of H-pyrrole nitrogens is 1. The first-order valence-corrected chi connectivity index (χ1v) is 13.3. The van der Waals surface area contributed by atoms with Gasteiger partial charge in [-0.2, -0.15) is 0 Å². The highest BCUT2D eigenvalue weighted by atomic mass is 16.4. The summed E-state index contributed by atoms with van der Waals surface area (Å²) in [4.78, 5) is 76.8. The van der Waals surface area contributed by atoms with Crippen molar-refractivity contribution >= 4 is 46.4 Å². The van der Waals surface area contributed by atoms with Crippen LogP contribution in [0.5, 0.6) is 0 Å². The molecular formula is C27H39N7O7. The highest BCUT2D eigenvalue weighted by Gasteiger charge is 2.33. The molecule has 14 heteroatoms. The zero-order chi connectivity index (χ0) is 30.7. The van der Waals surface area contributed by atoms with E-state index in [1.807, 2.05) is 18.2 Å². The van der Waals surface area contributed by atoms with E-state index in [4.69, 9.17) is 17.2 Å². The van der Waals surface area contributed by atoms with Gasteiger partial charge in [0.25, 0.3) is 0 Å². The Labute approximate surface area is 237 Å². The number of aromatic amines is 1. The molecule has 0 saturated carbocycles. The number of primary amides is 2. The van der Waals surface area contributed by atoms with E-state index < -0.39 is 65.6 Å². The number of aliphatic carboxylic acids is 1. The number of hydrogen-bond acceptors (Lipinski definition) is 7. The molecule has 0 saturated heterocycles. The van der Waals surface area contributed by atoms with Crippen LogP contribution < -0.4 is 33.2 Å². The number of fused-ring (bicyclic) bond motifs is 1. The Bertz CT molecular complexity index is 1260. The first-order valence-electron chi connectivity index (χ1n) is 13.3. The molecule has 0 aliphatic carbocycles. The molecule has 5 atom stereocenters. The Balaban J connectivity index is 2.20. The first-order chi connectivity index (χ1) is 19.3. The van der Waals surface area contributed by atoms with Crippen molar-refractivity contribution in [2.24, 2.45) is 23.1 Å². The van der Waals surface area contributed by atoms with Gasteiger partial charge in [0.2, 0.25) is 29.5 Å². The molecule has 14 nitrogen and oxygen atoms in total. The van der Waals surface area contributed by atoms with Gasteiger partial charge in [0, 0.05) is 36.4 Å². The number of carboxylic acid groups (broad SMARTS) is 1. The molecule has 1 aromatic carbocycles. The summed E-state index contributed by atoms with van der Waals surface area (Å²) in [7, 11) is 0. The van der Waals surface area contributed by atoms with Gasteiger partial charge in [0.05, 0.1) is 6.04 Å². The number of hydrogen-bond donors (Lipinski definition) is 8. The lowest BCUT2D eigenvalue weighted by Crippen LogP contribution is -2.58. The number of nitrogens with two attached hydrogens (primary N) is 3. The van der Waals surface area contributed by atoms with E-state index in [1.165, 1.54) is 0 Å². The lowest BCUT2D eigenvalue weighted by Gasteiger charge is -2.28. The molecule has 5 amide bonds. The van der Waals surface area contributed by atoms with E-state index >= 15 is 0 Å². The average Bonchev–Trinajstić information content (AvgIpc) is 3.33. The molecular weight excluding hydrogens is 534 g/mol. The number of para-hydroxylation sites is 1. The van der Waals surface area contributed by atoms with E-state index in [0.717, 1.165) is 10.9 Å². The molecule has 2 aromatic rings. The van der Waals surface area contributed by atoms with Gasteiger partial charge in [-0.3, -0.25) is 24.0 Å². The van der Waals surface area contributed by atoms with Crippen molar-refractivity contribution in [3.8, 4) is 0 Å². The standard InChI is InChI=1S/C27H39N7O7/c1-3-14(2)23(34-24(37)17(28)8-10-21(29)35)26(39)32-19(9-11-22(30)36)25(38)33-20(27(40)41)12-15-13-31-18-7-5-4-6-16(15)18/h4-7,13-14,17,19-20,23,31H,3,8-12,28H2,1-2H3,(H2,29,35)(H2,30,36)(H,32,39)(H,33,38)(H,34,37)(H,40,41). The van der Waals surface area contributed by atoms with Crippen LogP contribution in [0.25, 0.3) is 10.9 Å². The van der Waals surface area contributed by atoms with E-state index in [0.29, 0.717) is 12.0 Å². The molecule has 1 aromatic heterocycles. The number of nitrogens with one attached hydrogen (secondary N) is 4. The van der Waals surface area contributed by atoms with Crippen LogP contribution in [-0.2, 0) is 35.2 Å². The van der Waals surface area contributed by atoms with Crippen molar-refractivity contribution in [2.45, 2.75) is 76.5 Å². The number of amides is 5. The van der Waals surface area contributed by atoms with Gasteiger partial charge < -0.3 is 43.2 Å². The molecule has 0 aliphatic heterocycles. The maximum atomic E-state index is 13.3. The summed E-state index contributed by atoms with van der Waals surface area (Å²) in [5, 5.41) is 18.2. The Morgan fingerprint density at radius 1 is 0.878 bits per heavy atom. The fourth-order valence-electron chi connectivity index (χ4n) is 4.20. The fourth-order valence-corrected chi connectivity index (χ4v) is 4.20. The second-order valence-corrected chi connectivity index (χ2v) is 10.0. The number of aromatic nitrogens is 1. The summed E-state index contributed by atoms with van der Waals surface area (Å²) in [6, 6.07) is 2.40. The zero-order valence-corrected chi connectivity index (χ0v) is 23.1. The molecule has 41 heavy (non-hydrogen) atoms. The summed E-state index contributed by atoms with van der Waals surface area (Å²) < 4.78 is 0. The number of carbonyl (C=O) groups is 6. The fraction of sp³-hybridized carbons (Fsp3) is 0.481. The van der Waals surface area contributed by atoms with Crippen molar-refractivity contribution in [3.05, 3.63) is 36.0 Å². The monoisotopic (exact) mass is 573 g/mol. The maximum Gasteiger partial charge on any atom is 0.326 e. The van der Waals surface area contributed by atoms with Crippen LogP contribution in [0.4, 0.5) is 0 Å². The van der Waals surface area contributed by atoms with Gasteiger partial charge in [0.15, 0.2) is 0 Å². The third kappa shape index (κ3) is 9.90. The molecule has 0 bridgehead atoms. The lowest BCUT2D eigenvalue weighted by molar-refractivity contribution is -0.142. The molecule has 0 spiro atoms. The van der Waals surface area contributed by atoms with Crippen molar-refractivity contribution < 1.29 is 33.9 Å².